The Hall–Kier alpha value is -3.10. The van der Waals surface area contributed by atoms with Crippen molar-refractivity contribution in [1.82, 2.24) is 10.6 Å². The van der Waals surface area contributed by atoms with E-state index in [4.69, 9.17) is 10.4 Å². The van der Waals surface area contributed by atoms with Gasteiger partial charge in [-0.15, -0.1) is 0 Å². The molecule has 5 heteroatoms. The minimum Gasteiger partial charge on any atom is -0.395 e. The highest BCUT2D eigenvalue weighted by atomic mass is 16.3. The zero-order valence-electron chi connectivity index (χ0n) is 13.1. The Labute approximate surface area is 141 Å². The second-order valence-corrected chi connectivity index (χ2v) is 5.08. The molecule has 0 fully saturated rings. The minimum atomic E-state index is -0.472. The smallest absolute Gasteiger partial charge is 0.264 e. The number of nitrogens with zero attached hydrogens (tertiary/aromatic N) is 1. The van der Waals surface area contributed by atoms with Gasteiger partial charge >= 0.3 is 0 Å². The number of hydrogen-bond acceptors (Lipinski definition) is 4. The third-order valence-electron chi connectivity index (χ3n) is 3.41. The van der Waals surface area contributed by atoms with Crippen molar-refractivity contribution in [2.24, 2.45) is 0 Å². The monoisotopic (exact) mass is 321 g/mol. The molecule has 0 saturated carbocycles. The lowest BCUT2D eigenvalue weighted by Gasteiger charge is -2.19. The zero-order valence-corrected chi connectivity index (χ0v) is 13.1. The van der Waals surface area contributed by atoms with Gasteiger partial charge in [0, 0.05) is 12.7 Å². The van der Waals surface area contributed by atoms with E-state index in [1.807, 2.05) is 66.7 Å². The van der Waals surface area contributed by atoms with E-state index in [9.17, 15) is 4.79 Å². The Kier molecular flexibility index (Phi) is 6.57. The van der Waals surface area contributed by atoms with Gasteiger partial charge in [0.1, 0.15) is 11.6 Å². The molecule has 0 unspecified atom stereocenters. The first-order valence-electron chi connectivity index (χ1n) is 7.61. The molecule has 2 aromatic carbocycles. The molecular formula is C19H19N3O2. The molecule has 122 valence electrons. The average molecular weight is 321 g/mol. The first kappa shape index (κ1) is 17.3. The Balaban J connectivity index is 2.24. The molecule has 2 rings (SSSR count). The molecule has 0 spiro atoms. The van der Waals surface area contributed by atoms with Crippen molar-refractivity contribution in [2.45, 2.75) is 6.04 Å². The lowest BCUT2D eigenvalue weighted by atomic mass is 9.98. The second kappa shape index (κ2) is 9.13. The number of carbonyl (C=O) groups is 1. The summed E-state index contributed by atoms with van der Waals surface area (Å²) >= 11 is 0. The summed E-state index contributed by atoms with van der Waals surface area (Å²) in [6.45, 7) is 0.201. The van der Waals surface area contributed by atoms with Crippen LogP contribution >= 0.6 is 0 Å². The lowest BCUT2D eigenvalue weighted by Crippen LogP contribution is -2.31. The molecule has 2 aromatic rings. The van der Waals surface area contributed by atoms with Crippen LogP contribution in [0, 0.1) is 11.3 Å². The quantitative estimate of drug-likeness (QED) is 0.413. The highest BCUT2D eigenvalue weighted by molar-refractivity contribution is 5.97. The van der Waals surface area contributed by atoms with Crippen molar-refractivity contribution < 1.29 is 9.90 Å². The van der Waals surface area contributed by atoms with Crippen LogP contribution in [0.15, 0.2) is 72.4 Å². The maximum Gasteiger partial charge on any atom is 0.264 e. The van der Waals surface area contributed by atoms with Gasteiger partial charge in [0.2, 0.25) is 0 Å². The molecule has 0 aromatic heterocycles. The summed E-state index contributed by atoms with van der Waals surface area (Å²) in [4.78, 5) is 12.4. The molecule has 24 heavy (non-hydrogen) atoms. The first-order chi connectivity index (χ1) is 11.8. The van der Waals surface area contributed by atoms with Crippen LogP contribution in [0.4, 0.5) is 0 Å². The van der Waals surface area contributed by atoms with Crippen molar-refractivity contribution in [3.8, 4) is 6.07 Å². The van der Waals surface area contributed by atoms with Gasteiger partial charge in [-0.25, -0.2) is 0 Å². The fraction of sp³-hybridized carbons (Fsp3) is 0.158. The molecular weight excluding hydrogens is 302 g/mol. The number of aliphatic hydroxyl groups excluding tert-OH is 1. The Morgan fingerprint density at radius 3 is 2.08 bits per heavy atom. The number of amides is 1. The van der Waals surface area contributed by atoms with Gasteiger partial charge in [-0.3, -0.25) is 4.79 Å². The van der Waals surface area contributed by atoms with Crippen LogP contribution in [0.5, 0.6) is 0 Å². The lowest BCUT2D eigenvalue weighted by molar-refractivity contribution is -0.117. The van der Waals surface area contributed by atoms with Gasteiger partial charge in [0.05, 0.1) is 12.6 Å². The third-order valence-corrected chi connectivity index (χ3v) is 3.41. The number of nitriles is 1. The fourth-order valence-corrected chi connectivity index (χ4v) is 2.25. The highest BCUT2D eigenvalue weighted by Crippen LogP contribution is 2.22. The predicted octanol–water partition coefficient (Wildman–Crippen LogP) is 1.88. The van der Waals surface area contributed by atoms with Crippen molar-refractivity contribution in [1.29, 1.82) is 5.26 Å². The summed E-state index contributed by atoms with van der Waals surface area (Å²) in [7, 11) is 0. The number of hydrogen-bond donors (Lipinski definition) is 3. The van der Waals surface area contributed by atoms with Crippen molar-refractivity contribution in [3.05, 3.63) is 83.6 Å². The molecule has 0 aliphatic heterocycles. The van der Waals surface area contributed by atoms with Crippen molar-refractivity contribution >= 4 is 5.91 Å². The van der Waals surface area contributed by atoms with Gasteiger partial charge in [0.25, 0.3) is 5.91 Å². The summed E-state index contributed by atoms with van der Waals surface area (Å²) in [6, 6.07) is 20.7. The van der Waals surface area contributed by atoms with Crippen LogP contribution in [-0.4, -0.2) is 24.2 Å². The summed E-state index contributed by atoms with van der Waals surface area (Å²) in [5, 5.41) is 23.5. The molecule has 0 bridgehead atoms. The van der Waals surface area contributed by atoms with Gasteiger partial charge < -0.3 is 15.7 Å². The fourth-order valence-electron chi connectivity index (χ4n) is 2.25. The van der Waals surface area contributed by atoms with Gasteiger partial charge in [-0.2, -0.15) is 5.26 Å². The molecule has 3 N–H and O–H groups in total. The average Bonchev–Trinajstić information content (AvgIpc) is 2.64. The van der Waals surface area contributed by atoms with Crippen molar-refractivity contribution in [2.75, 3.05) is 13.2 Å². The molecule has 1 amide bonds. The van der Waals surface area contributed by atoms with E-state index in [1.54, 1.807) is 0 Å². The van der Waals surface area contributed by atoms with E-state index in [-0.39, 0.29) is 24.8 Å². The minimum absolute atomic E-state index is 0.0414. The number of rotatable bonds is 7. The van der Waals surface area contributed by atoms with Crippen molar-refractivity contribution in [3.63, 3.8) is 0 Å². The van der Waals surface area contributed by atoms with Crippen LogP contribution in [0.2, 0.25) is 0 Å². The Morgan fingerprint density at radius 1 is 1.08 bits per heavy atom. The summed E-state index contributed by atoms with van der Waals surface area (Å²) < 4.78 is 0. The molecule has 0 aliphatic rings. The van der Waals surface area contributed by atoms with Crippen LogP contribution in [0.1, 0.15) is 17.2 Å². The summed E-state index contributed by atoms with van der Waals surface area (Å²) in [5.74, 6) is -0.472. The largest absolute Gasteiger partial charge is 0.395 e. The first-order valence-corrected chi connectivity index (χ1v) is 7.61. The van der Waals surface area contributed by atoms with E-state index in [1.165, 1.54) is 6.20 Å². The topological polar surface area (TPSA) is 85.2 Å². The third kappa shape index (κ3) is 4.70. The molecule has 5 nitrogen and oxygen atoms in total. The zero-order chi connectivity index (χ0) is 17.2. The number of carbonyl (C=O) groups excluding carboxylic acids is 1. The maximum absolute atomic E-state index is 12.4. The Morgan fingerprint density at radius 2 is 1.62 bits per heavy atom. The number of aliphatic hydroxyl groups is 1. The maximum atomic E-state index is 12.4. The SMILES string of the molecule is N#C/C(=C/NCCO)C(=O)NC(c1ccccc1)c1ccccc1. The van der Waals surface area contributed by atoms with E-state index in [2.05, 4.69) is 10.6 Å². The summed E-state index contributed by atoms with van der Waals surface area (Å²) in [6.07, 6.45) is 1.32. The van der Waals surface area contributed by atoms with Gasteiger partial charge in [-0.05, 0) is 11.1 Å². The number of nitrogens with one attached hydrogen (secondary N) is 2. The van der Waals surface area contributed by atoms with E-state index in [0.717, 1.165) is 11.1 Å². The molecule has 0 saturated heterocycles. The molecule has 0 atom stereocenters. The van der Waals surface area contributed by atoms with Crippen LogP contribution in [0.25, 0.3) is 0 Å². The normalized spacial score (nSPS) is 11.0. The molecule has 0 heterocycles. The second-order valence-electron chi connectivity index (χ2n) is 5.08. The molecule has 0 aliphatic carbocycles. The molecule has 0 radical (unpaired) electrons. The highest BCUT2D eigenvalue weighted by Gasteiger charge is 2.18. The predicted molar refractivity (Wildman–Crippen MR) is 91.7 cm³/mol. The van der Waals surface area contributed by atoms with Crippen LogP contribution in [-0.2, 0) is 4.79 Å². The number of benzene rings is 2. The van der Waals surface area contributed by atoms with Gasteiger partial charge in [0.15, 0.2) is 0 Å². The van der Waals surface area contributed by atoms with Crippen LogP contribution < -0.4 is 10.6 Å². The van der Waals surface area contributed by atoms with E-state index in [0.29, 0.717) is 0 Å². The Bertz CT molecular complexity index is 682. The summed E-state index contributed by atoms with van der Waals surface area (Å²) in [5.41, 5.74) is 1.82. The van der Waals surface area contributed by atoms with E-state index < -0.39 is 5.91 Å². The van der Waals surface area contributed by atoms with Crippen LogP contribution in [0.3, 0.4) is 0 Å². The van der Waals surface area contributed by atoms with E-state index >= 15 is 0 Å². The standard InChI is InChI=1S/C19H19N3O2/c20-13-17(14-21-11-12-23)19(24)22-18(15-7-3-1-4-8-15)16-9-5-2-6-10-16/h1-10,14,18,21,23H,11-12H2,(H,22,24)/b17-14-. The van der Waals surface area contributed by atoms with Gasteiger partial charge in [-0.1, -0.05) is 60.7 Å².